The molecule has 1 heterocycles. The summed E-state index contributed by atoms with van der Waals surface area (Å²) in [5.41, 5.74) is 0.288. The van der Waals surface area contributed by atoms with E-state index in [9.17, 15) is 18.0 Å². The third kappa shape index (κ3) is 4.73. The van der Waals surface area contributed by atoms with Crippen LogP contribution in [-0.4, -0.2) is 36.8 Å². The molecule has 0 atom stereocenters. The Morgan fingerprint density at radius 1 is 1.30 bits per heavy atom. The smallest absolute Gasteiger partial charge is 0.406 e. The monoisotopic (exact) mass is 288 g/mol. The fourth-order valence-corrected chi connectivity index (χ4v) is 2.12. The summed E-state index contributed by atoms with van der Waals surface area (Å²) >= 11 is 0. The summed E-state index contributed by atoms with van der Waals surface area (Å²) in [4.78, 5) is 13.8. The summed E-state index contributed by atoms with van der Waals surface area (Å²) in [6.07, 6.45) is -2.59. The van der Waals surface area contributed by atoms with Gasteiger partial charge in [-0.1, -0.05) is 6.07 Å². The van der Waals surface area contributed by atoms with E-state index in [2.05, 4.69) is 10.1 Å². The molecule has 7 heteroatoms. The highest BCUT2D eigenvalue weighted by Gasteiger charge is 2.31. The van der Waals surface area contributed by atoms with Gasteiger partial charge in [-0.05, 0) is 38.1 Å². The van der Waals surface area contributed by atoms with Crippen LogP contribution in [0, 0.1) is 0 Å². The van der Waals surface area contributed by atoms with Gasteiger partial charge in [0.1, 0.15) is 5.75 Å². The average Bonchev–Trinajstić information content (AvgIpc) is 2.79. The Kier molecular flexibility index (Phi) is 4.49. The summed E-state index contributed by atoms with van der Waals surface area (Å²) in [5, 5.41) is 2.57. The highest BCUT2D eigenvalue weighted by Crippen LogP contribution is 2.25. The second-order valence-electron chi connectivity index (χ2n) is 4.61. The van der Waals surface area contributed by atoms with Crippen molar-refractivity contribution in [1.82, 2.24) is 4.90 Å². The molecule has 0 unspecified atom stereocenters. The van der Waals surface area contributed by atoms with Crippen LogP contribution in [0.15, 0.2) is 24.3 Å². The first-order valence-corrected chi connectivity index (χ1v) is 6.30. The zero-order chi connectivity index (χ0) is 14.6. The van der Waals surface area contributed by atoms with Gasteiger partial charge in [0, 0.05) is 11.8 Å². The molecular weight excluding hydrogens is 273 g/mol. The number of carbonyl (C=O) groups excluding carboxylic acids is 1. The molecule has 1 amide bonds. The van der Waals surface area contributed by atoms with Crippen molar-refractivity contribution in [2.45, 2.75) is 19.2 Å². The van der Waals surface area contributed by atoms with E-state index in [1.54, 1.807) is 0 Å². The number of anilines is 1. The largest absolute Gasteiger partial charge is 0.573 e. The second kappa shape index (κ2) is 6.13. The maximum atomic E-state index is 12.1. The average molecular weight is 288 g/mol. The molecule has 0 saturated carbocycles. The maximum absolute atomic E-state index is 12.1. The van der Waals surface area contributed by atoms with E-state index in [4.69, 9.17) is 0 Å². The lowest BCUT2D eigenvalue weighted by atomic mass is 10.3. The molecule has 0 aromatic heterocycles. The number of likely N-dealkylation sites (tertiary alicyclic amines) is 1. The van der Waals surface area contributed by atoms with Crippen LogP contribution < -0.4 is 10.1 Å². The number of nitrogens with zero attached hydrogens (tertiary/aromatic N) is 1. The normalized spacial score (nSPS) is 16.1. The number of ether oxygens (including phenoxy) is 1. The molecule has 1 fully saturated rings. The predicted molar refractivity (Wildman–Crippen MR) is 67.4 cm³/mol. The van der Waals surface area contributed by atoms with E-state index in [-0.39, 0.29) is 23.9 Å². The van der Waals surface area contributed by atoms with Crippen molar-refractivity contribution in [3.8, 4) is 5.75 Å². The van der Waals surface area contributed by atoms with Crippen LogP contribution in [0.4, 0.5) is 18.9 Å². The van der Waals surface area contributed by atoms with Gasteiger partial charge in [0.25, 0.3) is 0 Å². The van der Waals surface area contributed by atoms with E-state index in [0.717, 1.165) is 32.0 Å². The van der Waals surface area contributed by atoms with E-state index in [0.29, 0.717) is 0 Å². The number of benzene rings is 1. The predicted octanol–water partition coefficient (Wildman–Crippen LogP) is 2.62. The Morgan fingerprint density at radius 2 is 2.00 bits per heavy atom. The summed E-state index contributed by atoms with van der Waals surface area (Å²) in [5.74, 6) is -0.590. The summed E-state index contributed by atoms with van der Waals surface area (Å²) in [6, 6.07) is 5.25. The van der Waals surface area contributed by atoms with Gasteiger partial charge in [-0.25, -0.2) is 0 Å². The first kappa shape index (κ1) is 14.6. The van der Waals surface area contributed by atoms with Crippen molar-refractivity contribution in [3.63, 3.8) is 0 Å². The molecule has 4 nitrogen and oxygen atoms in total. The van der Waals surface area contributed by atoms with Crippen molar-refractivity contribution >= 4 is 11.6 Å². The van der Waals surface area contributed by atoms with Crippen LogP contribution >= 0.6 is 0 Å². The van der Waals surface area contributed by atoms with Gasteiger partial charge < -0.3 is 10.1 Å². The first-order chi connectivity index (χ1) is 9.42. The number of alkyl halides is 3. The van der Waals surface area contributed by atoms with Gasteiger partial charge in [0.2, 0.25) is 5.91 Å². The summed E-state index contributed by atoms with van der Waals surface area (Å²) < 4.78 is 40.1. The van der Waals surface area contributed by atoms with Crippen molar-refractivity contribution in [3.05, 3.63) is 24.3 Å². The van der Waals surface area contributed by atoms with E-state index in [1.807, 2.05) is 4.90 Å². The molecule has 0 bridgehead atoms. The molecule has 1 aliphatic rings. The van der Waals surface area contributed by atoms with Gasteiger partial charge in [0.05, 0.1) is 6.54 Å². The molecule has 20 heavy (non-hydrogen) atoms. The quantitative estimate of drug-likeness (QED) is 0.926. The number of hydrogen-bond donors (Lipinski definition) is 1. The number of amides is 1. The minimum atomic E-state index is -4.74. The Morgan fingerprint density at radius 3 is 2.65 bits per heavy atom. The lowest BCUT2D eigenvalue weighted by Gasteiger charge is -2.14. The van der Waals surface area contributed by atoms with E-state index >= 15 is 0 Å². The number of nitrogens with one attached hydrogen (secondary N) is 1. The molecule has 0 aliphatic carbocycles. The van der Waals surface area contributed by atoms with Crippen molar-refractivity contribution in [2.75, 3.05) is 25.0 Å². The first-order valence-electron chi connectivity index (χ1n) is 6.30. The van der Waals surface area contributed by atoms with Gasteiger partial charge >= 0.3 is 6.36 Å². The van der Waals surface area contributed by atoms with Crippen molar-refractivity contribution in [2.24, 2.45) is 0 Å². The minimum absolute atomic E-state index is 0.240. The highest BCUT2D eigenvalue weighted by molar-refractivity contribution is 5.92. The SMILES string of the molecule is O=C(CN1CCCC1)Nc1cccc(OC(F)(F)F)c1. The number of halogens is 3. The molecule has 1 saturated heterocycles. The van der Waals surface area contributed by atoms with Crippen LogP contribution in [0.2, 0.25) is 0 Å². The molecule has 0 radical (unpaired) electrons. The van der Waals surface area contributed by atoms with Crippen LogP contribution in [0.3, 0.4) is 0 Å². The Balaban J connectivity index is 1.91. The summed E-state index contributed by atoms with van der Waals surface area (Å²) in [6.45, 7) is 2.01. The topological polar surface area (TPSA) is 41.6 Å². The highest BCUT2D eigenvalue weighted by atomic mass is 19.4. The van der Waals surface area contributed by atoms with E-state index < -0.39 is 6.36 Å². The van der Waals surface area contributed by atoms with Gasteiger partial charge in [0.15, 0.2) is 0 Å². The van der Waals surface area contributed by atoms with Crippen molar-refractivity contribution in [1.29, 1.82) is 0 Å². The van der Waals surface area contributed by atoms with Crippen molar-refractivity contribution < 1.29 is 22.7 Å². The zero-order valence-electron chi connectivity index (χ0n) is 10.7. The summed E-state index contributed by atoms with van der Waals surface area (Å²) in [7, 11) is 0. The van der Waals surface area contributed by atoms with Crippen LogP contribution in [-0.2, 0) is 4.79 Å². The standard InChI is InChI=1S/C13H15F3N2O2/c14-13(15,16)20-11-5-3-4-10(8-11)17-12(19)9-18-6-1-2-7-18/h3-5,8H,1-2,6-7,9H2,(H,17,19). The number of rotatable bonds is 4. The number of hydrogen-bond acceptors (Lipinski definition) is 3. The molecule has 2 rings (SSSR count). The minimum Gasteiger partial charge on any atom is -0.406 e. The Hall–Kier alpha value is -1.76. The van der Waals surface area contributed by atoms with Gasteiger partial charge in [-0.3, -0.25) is 9.69 Å². The fourth-order valence-electron chi connectivity index (χ4n) is 2.12. The lowest BCUT2D eigenvalue weighted by molar-refractivity contribution is -0.274. The number of carbonyl (C=O) groups is 1. The van der Waals surface area contributed by atoms with Crippen LogP contribution in [0.25, 0.3) is 0 Å². The lowest BCUT2D eigenvalue weighted by Crippen LogP contribution is -2.30. The molecule has 1 aromatic carbocycles. The molecular formula is C13H15F3N2O2. The maximum Gasteiger partial charge on any atom is 0.573 e. The van der Waals surface area contributed by atoms with Gasteiger partial charge in [-0.2, -0.15) is 0 Å². The molecule has 1 aromatic rings. The van der Waals surface area contributed by atoms with E-state index in [1.165, 1.54) is 18.2 Å². The third-order valence-electron chi connectivity index (χ3n) is 2.92. The molecule has 1 aliphatic heterocycles. The molecule has 110 valence electrons. The Bertz CT molecular complexity index is 471. The second-order valence-corrected chi connectivity index (χ2v) is 4.61. The Labute approximate surface area is 114 Å². The molecule has 0 spiro atoms. The van der Waals surface area contributed by atoms with Crippen LogP contribution in [0.5, 0.6) is 5.75 Å². The van der Waals surface area contributed by atoms with Crippen LogP contribution in [0.1, 0.15) is 12.8 Å². The molecule has 1 N–H and O–H groups in total. The fraction of sp³-hybridized carbons (Fsp3) is 0.462. The zero-order valence-corrected chi connectivity index (χ0v) is 10.7. The van der Waals surface area contributed by atoms with Gasteiger partial charge in [-0.15, -0.1) is 13.2 Å². The third-order valence-corrected chi connectivity index (χ3v) is 2.92.